The van der Waals surface area contributed by atoms with Gasteiger partial charge in [0.2, 0.25) is 0 Å². The van der Waals surface area contributed by atoms with E-state index >= 15 is 0 Å². The van der Waals surface area contributed by atoms with E-state index in [4.69, 9.17) is 5.11 Å². The Bertz CT molecular complexity index is 331. The van der Waals surface area contributed by atoms with Crippen LogP contribution in [-0.4, -0.2) is 15.8 Å². The topological polar surface area (TPSA) is 37.3 Å². The molecule has 0 amide bonds. The number of hydrogen-bond acceptors (Lipinski definition) is 2. The Morgan fingerprint density at radius 3 is 2.25 bits per heavy atom. The van der Waals surface area contributed by atoms with Gasteiger partial charge in [-0.15, -0.1) is 11.8 Å². The molecular weight excluding hydrogens is 220 g/mol. The predicted molar refractivity (Wildman–Crippen MR) is 67.9 cm³/mol. The zero-order valence-corrected chi connectivity index (χ0v) is 10.6. The first kappa shape index (κ1) is 13.1. The van der Waals surface area contributed by atoms with Crippen molar-refractivity contribution in [3.8, 4) is 0 Å². The zero-order valence-electron chi connectivity index (χ0n) is 9.77. The van der Waals surface area contributed by atoms with E-state index < -0.39 is 5.97 Å². The SMILES string of the molecule is CCC(CC)(CC(=O)O)Sc1ccccc1. The molecule has 0 bridgehead atoms. The van der Waals surface area contributed by atoms with E-state index in [1.165, 1.54) is 0 Å². The molecule has 88 valence electrons. The summed E-state index contributed by atoms with van der Waals surface area (Å²) >= 11 is 1.68. The Kier molecular flexibility index (Phi) is 4.87. The largest absolute Gasteiger partial charge is 0.481 e. The fourth-order valence-electron chi connectivity index (χ4n) is 1.69. The number of carbonyl (C=O) groups is 1. The van der Waals surface area contributed by atoms with Crippen LogP contribution in [0.1, 0.15) is 33.1 Å². The maximum Gasteiger partial charge on any atom is 0.304 e. The molecule has 0 atom stereocenters. The molecule has 0 unspecified atom stereocenters. The van der Waals surface area contributed by atoms with Crippen LogP contribution in [0.5, 0.6) is 0 Å². The lowest BCUT2D eigenvalue weighted by atomic mass is 9.98. The van der Waals surface area contributed by atoms with Crippen molar-refractivity contribution in [1.29, 1.82) is 0 Å². The maximum absolute atomic E-state index is 10.9. The van der Waals surface area contributed by atoms with Crippen molar-refractivity contribution in [2.24, 2.45) is 0 Å². The van der Waals surface area contributed by atoms with Crippen molar-refractivity contribution in [2.75, 3.05) is 0 Å². The van der Waals surface area contributed by atoms with Gasteiger partial charge in [0.05, 0.1) is 6.42 Å². The maximum atomic E-state index is 10.9. The summed E-state index contributed by atoms with van der Waals surface area (Å²) in [5.41, 5.74) is 0. The highest BCUT2D eigenvalue weighted by Gasteiger charge is 2.30. The van der Waals surface area contributed by atoms with Crippen LogP contribution in [0.15, 0.2) is 35.2 Å². The van der Waals surface area contributed by atoms with Crippen LogP contribution >= 0.6 is 11.8 Å². The van der Waals surface area contributed by atoms with Crippen LogP contribution in [0.25, 0.3) is 0 Å². The van der Waals surface area contributed by atoms with Gasteiger partial charge in [0.15, 0.2) is 0 Å². The first-order chi connectivity index (χ1) is 7.62. The summed E-state index contributed by atoms with van der Waals surface area (Å²) in [5.74, 6) is -0.716. The van der Waals surface area contributed by atoms with Gasteiger partial charge in [0, 0.05) is 9.64 Å². The number of thioether (sulfide) groups is 1. The number of carboxylic acid groups (broad SMARTS) is 1. The van der Waals surface area contributed by atoms with Crippen LogP contribution in [0.4, 0.5) is 0 Å². The second kappa shape index (κ2) is 5.94. The Morgan fingerprint density at radius 2 is 1.81 bits per heavy atom. The number of carboxylic acids is 1. The van der Waals surface area contributed by atoms with Crippen molar-refractivity contribution in [3.05, 3.63) is 30.3 Å². The van der Waals surface area contributed by atoms with Gasteiger partial charge in [-0.1, -0.05) is 32.0 Å². The molecular formula is C13H18O2S. The molecule has 2 nitrogen and oxygen atoms in total. The molecule has 0 aliphatic rings. The molecule has 1 N–H and O–H groups in total. The summed E-state index contributed by atoms with van der Waals surface area (Å²) in [5, 5.41) is 8.98. The Labute approximate surface area is 101 Å². The summed E-state index contributed by atoms with van der Waals surface area (Å²) in [7, 11) is 0. The first-order valence-electron chi connectivity index (χ1n) is 5.58. The minimum Gasteiger partial charge on any atom is -0.481 e. The van der Waals surface area contributed by atoms with Crippen molar-refractivity contribution in [2.45, 2.75) is 42.8 Å². The van der Waals surface area contributed by atoms with E-state index in [2.05, 4.69) is 13.8 Å². The van der Waals surface area contributed by atoms with Gasteiger partial charge in [-0.05, 0) is 25.0 Å². The Hall–Kier alpha value is -0.960. The smallest absolute Gasteiger partial charge is 0.304 e. The number of aliphatic carboxylic acids is 1. The molecule has 0 saturated heterocycles. The molecule has 0 aromatic heterocycles. The van der Waals surface area contributed by atoms with Crippen LogP contribution in [0.2, 0.25) is 0 Å². The third-order valence-corrected chi connectivity index (χ3v) is 4.50. The van der Waals surface area contributed by atoms with Crippen LogP contribution in [0, 0.1) is 0 Å². The van der Waals surface area contributed by atoms with Gasteiger partial charge in [-0.25, -0.2) is 0 Å². The molecule has 16 heavy (non-hydrogen) atoms. The van der Waals surface area contributed by atoms with Gasteiger partial charge >= 0.3 is 5.97 Å². The highest BCUT2D eigenvalue weighted by molar-refractivity contribution is 8.00. The minimum absolute atomic E-state index is 0.173. The van der Waals surface area contributed by atoms with Crippen molar-refractivity contribution >= 4 is 17.7 Å². The molecule has 0 aliphatic carbocycles. The average Bonchev–Trinajstić information content (AvgIpc) is 2.29. The quantitative estimate of drug-likeness (QED) is 0.766. The van der Waals surface area contributed by atoms with Gasteiger partial charge in [0.25, 0.3) is 0 Å². The Morgan fingerprint density at radius 1 is 1.25 bits per heavy atom. The van der Waals surface area contributed by atoms with E-state index in [1.807, 2.05) is 30.3 Å². The monoisotopic (exact) mass is 238 g/mol. The van der Waals surface area contributed by atoms with Crippen molar-refractivity contribution in [1.82, 2.24) is 0 Å². The Balaban J connectivity index is 2.82. The molecule has 1 aromatic carbocycles. The fraction of sp³-hybridized carbons (Fsp3) is 0.462. The summed E-state index contributed by atoms with van der Waals surface area (Å²) in [6.45, 7) is 4.12. The van der Waals surface area contributed by atoms with E-state index in [0.717, 1.165) is 17.7 Å². The predicted octanol–water partition coefficient (Wildman–Crippen LogP) is 3.81. The summed E-state index contributed by atoms with van der Waals surface area (Å²) in [6.07, 6.45) is 1.96. The number of benzene rings is 1. The first-order valence-corrected chi connectivity index (χ1v) is 6.39. The summed E-state index contributed by atoms with van der Waals surface area (Å²) < 4.78 is -0.173. The highest BCUT2D eigenvalue weighted by Crippen LogP contribution is 2.40. The molecule has 1 aromatic rings. The molecule has 1 rings (SSSR count). The molecule has 0 saturated carbocycles. The van der Waals surface area contributed by atoms with Crippen LogP contribution in [0.3, 0.4) is 0 Å². The normalized spacial score (nSPS) is 11.4. The lowest BCUT2D eigenvalue weighted by Gasteiger charge is -2.29. The van der Waals surface area contributed by atoms with Crippen LogP contribution < -0.4 is 0 Å². The van der Waals surface area contributed by atoms with E-state index in [0.29, 0.717) is 0 Å². The number of hydrogen-bond donors (Lipinski definition) is 1. The average molecular weight is 238 g/mol. The van der Waals surface area contributed by atoms with Gasteiger partial charge in [-0.2, -0.15) is 0 Å². The van der Waals surface area contributed by atoms with Crippen molar-refractivity contribution < 1.29 is 9.90 Å². The summed E-state index contributed by atoms with van der Waals surface area (Å²) in [6, 6.07) is 10.0. The second-order valence-electron chi connectivity index (χ2n) is 3.88. The lowest BCUT2D eigenvalue weighted by molar-refractivity contribution is -0.137. The molecule has 0 heterocycles. The van der Waals surface area contributed by atoms with Gasteiger partial charge in [0.1, 0.15) is 0 Å². The molecule has 3 heteroatoms. The van der Waals surface area contributed by atoms with Gasteiger partial charge < -0.3 is 5.11 Å². The molecule has 0 radical (unpaired) electrons. The third kappa shape index (κ3) is 3.56. The number of rotatable bonds is 6. The molecule has 0 spiro atoms. The standard InChI is InChI=1S/C13H18O2S/c1-3-13(4-2,10-12(14)15)16-11-8-6-5-7-9-11/h5-9H,3-4,10H2,1-2H3,(H,14,15). The second-order valence-corrected chi connectivity index (χ2v) is 5.42. The van der Waals surface area contributed by atoms with Crippen LogP contribution in [-0.2, 0) is 4.79 Å². The zero-order chi connectivity index (χ0) is 12.0. The summed E-state index contributed by atoms with van der Waals surface area (Å²) in [4.78, 5) is 12.1. The minimum atomic E-state index is -0.716. The van der Waals surface area contributed by atoms with Crippen molar-refractivity contribution in [3.63, 3.8) is 0 Å². The lowest BCUT2D eigenvalue weighted by Crippen LogP contribution is -2.26. The highest BCUT2D eigenvalue weighted by atomic mass is 32.2. The van der Waals surface area contributed by atoms with Gasteiger partial charge in [-0.3, -0.25) is 4.79 Å². The molecule has 0 aliphatic heterocycles. The van der Waals surface area contributed by atoms with E-state index in [-0.39, 0.29) is 11.2 Å². The van der Waals surface area contributed by atoms with E-state index in [1.54, 1.807) is 11.8 Å². The third-order valence-electron chi connectivity index (χ3n) is 2.84. The van der Waals surface area contributed by atoms with E-state index in [9.17, 15) is 4.79 Å². The fourth-order valence-corrected chi connectivity index (χ4v) is 2.97. The molecule has 0 fully saturated rings.